The zero-order chi connectivity index (χ0) is 25.5. The summed E-state index contributed by atoms with van der Waals surface area (Å²) < 4.78 is 0. The second-order valence-electron chi connectivity index (χ2n) is 9.19. The van der Waals surface area contributed by atoms with Crippen molar-refractivity contribution in [2.75, 3.05) is 31.1 Å². The van der Waals surface area contributed by atoms with E-state index in [1.54, 1.807) is 24.3 Å². The van der Waals surface area contributed by atoms with Gasteiger partial charge in [-0.25, -0.2) is 4.79 Å². The lowest BCUT2D eigenvalue weighted by atomic mass is 9.99. The molecular formula is C29H31ClN2O4. The molecule has 0 aliphatic carbocycles. The highest BCUT2D eigenvalue weighted by Gasteiger charge is 2.19. The number of hydrogen-bond acceptors (Lipinski definition) is 4. The summed E-state index contributed by atoms with van der Waals surface area (Å²) in [5.41, 5.74) is 5.38. The fraction of sp³-hybridized carbons (Fsp3) is 0.310. The number of carboxylic acid groups (broad SMARTS) is 1. The molecule has 1 aliphatic heterocycles. The lowest BCUT2D eigenvalue weighted by Gasteiger charge is -2.30. The lowest BCUT2D eigenvalue weighted by molar-refractivity contribution is 0.0973. The molecule has 0 unspecified atom stereocenters. The molecule has 7 heteroatoms. The number of anilines is 1. The van der Waals surface area contributed by atoms with Crippen molar-refractivity contribution >= 4 is 29.7 Å². The van der Waals surface area contributed by atoms with Crippen LogP contribution in [0.5, 0.6) is 0 Å². The predicted octanol–water partition coefficient (Wildman–Crippen LogP) is 6.07. The fourth-order valence-electron chi connectivity index (χ4n) is 4.65. The summed E-state index contributed by atoms with van der Waals surface area (Å²) in [7, 11) is 0. The fourth-order valence-corrected chi connectivity index (χ4v) is 4.85. The highest BCUT2D eigenvalue weighted by molar-refractivity contribution is 6.30. The van der Waals surface area contributed by atoms with Crippen LogP contribution in [0.3, 0.4) is 0 Å². The Morgan fingerprint density at radius 1 is 1.00 bits per heavy atom. The minimum absolute atomic E-state index is 0.0316. The Bertz CT molecular complexity index is 1190. The van der Waals surface area contributed by atoms with Gasteiger partial charge in [0.25, 0.3) is 0 Å². The average molecular weight is 507 g/mol. The first-order valence-electron chi connectivity index (χ1n) is 12.3. The van der Waals surface area contributed by atoms with Gasteiger partial charge in [-0.1, -0.05) is 54.1 Å². The standard InChI is InChI=1S/C29H31ClN2O4/c30-26-6-4-5-24(17-26)28(34)19-32(29(35)36)16-13-21-7-9-22(10-8-21)23-11-12-25(20-33)27(18-23)31-14-2-1-3-15-31/h4-12,17-18,20,28,34H,1-3,13-16,19H2,(H,35,36)/t28-/m0/s1. The van der Waals surface area contributed by atoms with Gasteiger partial charge in [-0.15, -0.1) is 0 Å². The maximum atomic E-state index is 11.8. The quantitative estimate of drug-likeness (QED) is 0.344. The second kappa shape index (κ2) is 12.1. The number of aliphatic hydroxyl groups is 1. The van der Waals surface area contributed by atoms with Crippen LogP contribution in [0.4, 0.5) is 10.5 Å². The maximum absolute atomic E-state index is 11.8. The summed E-state index contributed by atoms with van der Waals surface area (Å²) in [5.74, 6) is 0. The summed E-state index contributed by atoms with van der Waals surface area (Å²) in [6.07, 6.45) is 2.93. The van der Waals surface area contributed by atoms with Crippen molar-refractivity contribution in [1.82, 2.24) is 4.90 Å². The van der Waals surface area contributed by atoms with Gasteiger partial charge in [-0.05, 0) is 72.2 Å². The number of nitrogens with zero attached hydrogens (tertiary/aromatic N) is 2. The first-order chi connectivity index (χ1) is 17.4. The van der Waals surface area contributed by atoms with Crippen molar-refractivity contribution in [2.45, 2.75) is 31.8 Å². The Kier molecular flexibility index (Phi) is 8.62. The number of aliphatic hydroxyl groups excluding tert-OH is 1. The van der Waals surface area contributed by atoms with Gasteiger partial charge < -0.3 is 20.0 Å². The topological polar surface area (TPSA) is 81.1 Å². The molecule has 0 saturated carbocycles. The smallest absolute Gasteiger partial charge is 0.407 e. The number of carbonyl (C=O) groups excluding carboxylic acids is 1. The number of piperidine rings is 1. The van der Waals surface area contributed by atoms with Crippen molar-refractivity contribution in [1.29, 1.82) is 0 Å². The summed E-state index contributed by atoms with van der Waals surface area (Å²) in [5, 5.41) is 20.6. The van der Waals surface area contributed by atoms with Gasteiger partial charge in [-0.3, -0.25) is 4.79 Å². The Morgan fingerprint density at radius 3 is 2.39 bits per heavy atom. The molecule has 1 heterocycles. The van der Waals surface area contributed by atoms with Gasteiger partial charge in [0.15, 0.2) is 6.29 Å². The molecule has 1 aliphatic rings. The van der Waals surface area contributed by atoms with Crippen LogP contribution in [0.2, 0.25) is 5.02 Å². The molecule has 3 aromatic rings. The van der Waals surface area contributed by atoms with E-state index in [0.717, 1.165) is 54.6 Å². The first kappa shape index (κ1) is 25.7. The van der Waals surface area contributed by atoms with Crippen LogP contribution < -0.4 is 4.90 Å². The SMILES string of the molecule is O=Cc1ccc(-c2ccc(CCN(C[C@H](O)c3cccc(Cl)c3)C(=O)O)cc2)cc1N1CCCCC1. The predicted molar refractivity (Wildman–Crippen MR) is 143 cm³/mol. The normalized spacial score (nSPS) is 14.3. The number of carbonyl (C=O) groups is 2. The van der Waals surface area contributed by atoms with Crippen molar-refractivity contribution in [3.05, 3.63) is 88.4 Å². The lowest BCUT2D eigenvalue weighted by Crippen LogP contribution is -2.35. The number of aldehydes is 1. The van der Waals surface area contributed by atoms with Crippen LogP contribution in [0.15, 0.2) is 66.7 Å². The Morgan fingerprint density at radius 2 is 1.72 bits per heavy atom. The van der Waals surface area contributed by atoms with Crippen molar-refractivity contribution in [2.24, 2.45) is 0 Å². The van der Waals surface area contributed by atoms with Crippen LogP contribution in [0.25, 0.3) is 11.1 Å². The number of amides is 1. The molecule has 4 rings (SSSR count). The van der Waals surface area contributed by atoms with Crippen LogP contribution in [0, 0.1) is 0 Å². The molecule has 0 radical (unpaired) electrons. The zero-order valence-corrected chi connectivity index (χ0v) is 20.9. The van der Waals surface area contributed by atoms with Gasteiger partial charge in [0, 0.05) is 35.9 Å². The van der Waals surface area contributed by atoms with Crippen molar-refractivity contribution < 1.29 is 19.8 Å². The first-order valence-corrected chi connectivity index (χ1v) is 12.7. The molecule has 1 saturated heterocycles. The third-order valence-corrected chi connectivity index (χ3v) is 6.94. The minimum atomic E-state index is -1.08. The molecule has 2 N–H and O–H groups in total. The van der Waals surface area contributed by atoms with E-state index >= 15 is 0 Å². The molecule has 0 spiro atoms. The summed E-state index contributed by atoms with van der Waals surface area (Å²) in [6.45, 7) is 2.17. The van der Waals surface area contributed by atoms with E-state index in [1.165, 1.54) is 11.3 Å². The molecule has 3 aromatic carbocycles. The molecule has 0 bridgehead atoms. The second-order valence-corrected chi connectivity index (χ2v) is 9.62. The van der Waals surface area contributed by atoms with E-state index in [0.29, 0.717) is 22.6 Å². The van der Waals surface area contributed by atoms with E-state index < -0.39 is 12.2 Å². The number of hydrogen-bond donors (Lipinski definition) is 2. The van der Waals surface area contributed by atoms with E-state index in [4.69, 9.17) is 11.6 Å². The number of rotatable bonds is 9. The van der Waals surface area contributed by atoms with Crippen LogP contribution in [0.1, 0.15) is 46.9 Å². The number of benzene rings is 3. The van der Waals surface area contributed by atoms with E-state index in [9.17, 15) is 19.8 Å². The highest BCUT2D eigenvalue weighted by Crippen LogP contribution is 2.30. The molecular weight excluding hydrogens is 476 g/mol. The van der Waals surface area contributed by atoms with Crippen LogP contribution in [-0.2, 0) is 6.42 Å². The number of halogens is 1. The van der Waals surface area contributed by atoms with Gasteiger partial charge in [0.1, 0.15) is 0 Å². The Labute approximate surface area is 216 Å². The molecule has 0 aromatic heterocycles. The maximum Gasteiger partial charge on any atom is 0.407 e. The Hall–Kier alpha value is -3.35. The van der Waals surface area contributed by atoms with Gasteiger partial charge >= 0.3 is 6.09 Å². The highest BCUT2D eigenvalue weighted by atomic mass is 35.5. The third-order valence-electron chi connectivity index (χ3n) is 6.71. The van der Waals surface area contributed by atoms with Crippen LogP contribution in [-0.4, -0.2) is 53.7 Å². The average Bonchev–Trinajstić information content (AvgIpc) is 2.91. The van der Waals surface area contributed by atoms with Crippen molar-refractivity contribution in [3.8, 4) is 11.1 Å². The molecule has 1 amide bonds. The van der Waals surface area contributed by atoms with Crippen molar-refractivity contribution in [3.63, 3.8) is 0 Å². The molecule has 188 valence electrons. The van der Waals surface area contributed by atoms with Gasteiger partial charge in [-0.2, -0.15) is 0 Å². The summed E-state index contributed by atoms with van der Waals surface area (Å²) >= 11 is 5.99. The molecule has 1 atom stereocenters. The van der Waals surface area contributed by atoms with Gasteiger partial charge in [0.05, 0.1) is 12.6 Å². The largest absolute Gasteiger partial charge is 0.465 e. The van der Waals surface area contributed by atoms with E-state index in [1.807, 2.05) is 36.4 Å². The molecule has 6 nitrogen and oxygen atoms in total. The Balaban J connectivity index is 1.42. The third kappa shape index (κ3) is 6.45. The van der Waals surface area contributed by atoms with E-state index in [-0.39, 0.29) is 13.1 Å². The van der Waals surface area contributed by atoms with E-state index in [2.05, 4.69) is 11.0 Å². The van der Waals surface area contributed by atoms with Gasteiger partial charge in [0.2, 0.25) is 0 Å². The molecule has 1 fully saturated rings. The van der Waals surface area contributed by atoms with Crippen LogP contribution >= 0.6 is 11.6 Å². The monoisotopic (exact) mass is 506 g/mol. The summed E-state index contributed by atoms with van der Waals surface area (Å²) in [4.78, 5) is 26.9. The summed E-state index contributed by atoms with van der Waals surface area (Å²) in [6, 6.07) is 20.8. The minimum Gasteiger partial charge on any atom is -0.465 e. The zero-order valence-electron chi connectivity index (χ0n) is 20.1. The molecule has 36 heavy (non-hydrogen) atoms.